The molecular weight excluding hydrogens is 548 g/mol. The van der Waals surface area contributed by atoms with E-state index in [1.165, 1.54) is 31.3 Å². The number of imide groups is 1. The van der Waals surface area contributed by atoms with Gasteiger partial charge in [0.05, 0.1) is 5.92 Å². The molecule has 0 bridgehead atoms. The van der Waals surface area contributed by atoms with E-state index in [2.05, 4.69) is 16.0 Å². The number of hydrogen-bond acceptors (Lipinski definition) is 5. The Morgan fingerprint density at radius 2 is 1.83 bits per heavy atom. The predicted molar refractivity (Wildman–Crippen MR) is 137 cm³/mol. The molecule has 218 valence electrons. The number of anilines is 1. The lowest BCUT2D eigenvalue weighted by atomic mass is 9.78. The van der Waals surface area contributed by atoms with Crippen LogP contribution < -0.4 is 16.0 Å². The summed E-state index contributed by atoms with van der Waals surface area (Å²) in [5, 5.41) is 7.43. The number of halogens is 4. The highest BCUT2D eigenvalue weighted by Crippen LogP contribution is 2.51. The molecule has 1 spiro atoms. The van der Waals surface area contributed by atoms with E-state index in [-0.39, 0.29) is 25.8 Å². The third-order valence-electron chi connectivity index (χ3n) is 7.80. The Kier molecular flexibility index (Phi) is 7.39. The first-order valence-electron chi connectivity index (χ1n) is 13.2. The van der Waals surface area contributed by atoms with E-state index in [4.69, 9.17) is 4.74 Å². The Hall–Kier alpha value is -4.16. The number of alkyl halides is 3. The summed E-state index contributed by atoms with van der Waals surface area (Å²) in [7, 11) is 1.44. The van der Waals surface area contributed by atoms with Crippen LogP contribution in [0.3, 0.4) is 0 Å². The number of carbonyl (C=O) groups excluding carboxylic acids is 4. The van der Waals surface area contributed by atoms with Crippen LogP contribution >= 0.6 is 0 Å². The second-order valence-corrected chi connectivity index (χ2v) is 10.5. The number of rotatable bonds is 7. The third-order valence-corrected chi connectivity index (χ3v) is 7.80. The zero-order chi connectivity index (χ0) is 29.5. The number of hydrogen-bond donors (Lipinski definition) is 3. The number of carbonyl (C=O) groups is 4. The fourth-order valence-corrected chi connectivity index (χ4v) is 5.71. The standard InChI is InChI=1S/C28H28F4N4O5/c1-33-25(39)35-19-10-11-20-17(13-19)3-2-12-27(20)24(38)36(26(40)41-27)22(21(16-6-7-16)28(30,31)32)23(37)34-14-15-4-8-18(29)9-5-15/h4-5,8-11,13,16,21-22H,2-3,6-7,12,14H2,1H3,(H,34,37)(H2,33,35,39)/t21-,22?,27?/m0/s1. The maximum atomic E-state index is 14.4. The molecule has 1 saturated carbocycles. The molecule has 2 aromatic carbocycles. The second-order valence-electron chi connectivity index (χ2n) is 10.5. The van der Waals surface area contributed by atoms with Gasteiger partial charge in [0.2, 0.25) is 11.5 Å². The molecule has 2 unspecified atom stereocenters. The molecule has 3 aliphatic rings. The number of ether oxygens (including phenoxy) is 1. The highest BCUT2D eigenvalue weighted by Gasteiger charge is 2.65. The van der Waals surface area contributed by atoms with Crippen molar-refractivity contribution in [3.8, 4) is 0 Å². The SMILES string of the molecule is CNC(=O)Nc1ccc2c(c1)CCCC21OC(=O)N(C(C(=O)NCc2ccc(F)cc2)[C@H](C2CC2)C(F)(F)F)C1=O. The average Bonchev–Trinajstić information content (AvgIpc) is 3.72. The summed E-state index contributed by atoms with van der Waals surface area (Å²) in [6.07, 6.45) is -4.97. The van der Waals surface area contributed by atoms with E-state index in [1.54, 1.807) is 6.07 Å². The van der Waals surface area contributed by atoms with Crippen LogP contribution in [0.2, 0.25) is 0 Å². The Bertz CT molecular complexity index is 1380. The Labute approximate surface area is 232 Å². The molecule has 2 fully saturated rings. The van der Waals surface area contributed by atoms with Crippen molar-refractivity contribution in [3.05, 3.63) is 65.0 Å². The normalized spacial score (nSPS) is 21.6. The predicted octanol–water partition coefficient (Wildman–Crippen LogP) is 4.36. The number of aryl methyl sites for hydroxylation is 1. The van der Waals surface area contributed by atoms with E-state index in [1.807, 2.05) is 0 Å². The van der Waals surface area contributed by atoms with Gasteiger partial charge in [0.15, 0.2) is 0 Å². The quantitative estimate of drug-likeness (QED) is 0.424. The van der Waals surface area contributed by atoms with Crippen molar-refractivity contribution in [2.45, 2.75) is 56.5 Å². The summed E-state index contributed by atoms with van der Waals surface area (Å²) in [6, 6.07) is 6.96. The molecule has 3 N–H and O–H groups in total. The first-order chi connectivity index (χ1) is 19.4. The van der Waals surface area contributed by atoms with Crippen LogP contribution in [0.25, 0.3) is 0 Å². The van der Waals surface area contributed by atoms with Crippen LogP contribution in [0.15, 0.2) is 42.5 Å². The molecule has 3 atom stereocenters. The van der Waals surface area contributed by atoms with Crippen LogP contribution in [0.5, 0.6) is 0 Å². The molecule has 9 nitrogen and oxygen atoms in total. The number of benzene rings is 2. The Morgan fingerprint density at radius 1 is 1.12 bits per heavy atom. The highest BCUT2D eigenvalue weighted by molar-refractivity contribution is 6.07. The van der Waals surface area contributed by atoms with E-state index >= 15 is 0 Å². The highest BCUT2D eigenvalue weighted by atomic mass is 19.4. The third kappa shape index (κ3) is 5.44. The van der Waals surface area contributed by atoms with E-state index in [0.717, 1.165) is 12.1 Å². The molecular formula is C28H28F4N4O5. The fourth-order valence-electron chi connectivity index (χ4n) is 5.71. The summed E-state index contributed by atoms with van der Waals surface area (Å²) in [5.41, 5.74) is -0.182. The van der Waals surface area contributed by atoms with Crippen LogP contribution in [-0.4, -0.2) is 48.1 Å². The van der Waals surface area contributed by atoms with Crippen molar-refractivity contribution in [3.63, 3.8) is 0 Å². The first kappa shape index (κ1) is 28.4. The molecule has 5 amide bonds. The minimum atomic E-state index is -4.89. The first-order valence-corrected chi connectivity index (χ1v) is 13.2. The average molecular weight is 577 g/mol. The van der Waals surface area contributed by atoms with Crippen molar-refractivity contribution in [2.75, 3.05) is 12.4 Å². The van der Waals surface area contributed by atoms with Gasteiger partial charge in [-0.05, 0) is 67.0 Å². The van der Waals surface area contributed by atoms with Gasteiger partial charge in [-0.15, -0.1) is 0 Å². The van der Waals surface area contributed by atoms with Gasteiger partial charge in [-0.3, -0.25) is 9.59 Å². The van der Waals surface area contributed by atoms with E-state index in [9.17, 15) is 36.7 Å². The number of urea groups is 1. The van der Waals surface area contributed by atoms with Crippen molar-refractivity contribution in [1.82, 2.24) is 15.5 Å². The van der Waals surface area contributed by atoms with Crippen LogP contribution in [-0.2, 0) is 32.9 Å². The maximum Gasteiger partial charge on any atom is 0.418 e. The van der Waals surface area contributed by atoms with Crippen molar-refractivity contribution in [1.29, 1.82) is 0 Å². The van der Waals surface area contributed by atoms with Gasteiger partial charge < -0.3 is 20.7 Å². The van der Waals surface area contributed by atoms with Gasteiger partial charge in [-0.25, -0.2) is 18.9 Å². The lowest BCUT2D eigenvalue weighted by molar-refractivity contribution is -0.197. The molecule has 41 heavy (non-hydrogen) atoms. The molecule has 2 aliphatic carbocycles. The summed E-state index contributed by atoms with van der Waals surface area (Å²) in [4.78, 5) is 52.8. The summed E-state index contributed by atoms with van der Waals surface area (Å²) in [5.74, 6) is -5.95. The van der Waals surface area contributed by atoms with Crippen LogP contribution in [0.1, 0.15) is 42.4 Å². The zero-order valence-corrected chi connectivity index (χ0v) is 22.0. The number of nitrogens with zero attached hydrogens (tertiary/aromatic N) is 1. The molecule has 1 saturated heterocycles. The van der Waals surface area contributed by atoms with Crippen molar-refractivity contribution >= 4 is 29.6 Å². The number of nitrogens with one attached hydrogen (secondary N) is 3. The van der Waals surface area contributed by atoms with Gasteiger partial charge in [0.1, 0.15) is 11.9 Å². The summed E-state index contributed by atoms with van der Waals surface area (Å²) >= 11 is 0. The lowest BCUT2D eigenvalue weighted by Crippen LogP contribution is -2.58. The topological polar surface area (TPSA) is 117 Å². The molecule has 2 aromatic rings. The van der Waals surface area contributed by atoms with Gasteiger partial charge in [-0.2, -0.15) is 13.2 Å². The van der Waals surface area contributed by atoms with Gasteiger partial charge in [0.25, 0.3) is 5.91 Å². The molecule has 0 aromatic heterocycles. The van der Waals surface area contributed by atoms with E-state index in [0.29, 0.717) is 40.1 Å². The fraction of sp³-hybridized carbons (Fsp3) is 0.429. The molecule has 0 radical (unpaired) electrons. The van der Waals surface area contributed by atoms with E-state index < -0.39 is 59.4 Å². The Morgan fingerprint density at radius 3 is 2.46 bits per heavy atom. The zero-order valence-electron chi connectivity index (χ0n) is 22.0. The van der Waals surface area contributed by atoms with Crippen LogP contribution in [0, 0.1) is 17.7 Å². The monoisotopic (exact) mass is 576 g/mol. The molecule has 1 aliphatic heterocycles. The summed E-state index contributed by atoms with van der Waals surface area (Å²) < 4.78 is 62.2. The Balaban J connectivity index is 1.49. The van der Waals surface area contributed by atoms with Gasteiger partial charge in [0, 0.05) is 31.3 Å². The van der Waals surface area contributed by atoms with Crippen molar-refractivity contribution in [2.24, 2.45) is 11.8 Å². The minimum Gasteiger partial charge on any atom is -0.427 e. The molecule has 13 heteroatoms. The van der Waals surface area contributed by atoms with Gasteiger partial charge in [-0.1, -0.05) is 18.2 Å². The summed E-state index contributed by atoms with van der Waals surface area (Å²) in [6.45, 7) is -0.239. The molecule has 5 rings (SSSR count). The maximum absolute atomic E-state index is 14.4. The number of fused-ring (bicyclic) bond motifs is 2. The van der Waals surface area contributed by atoms with Gasteiger partial charge >= 0.3 is 18.3 Å². The van der Waals surface area contributed by atoms with Crippen LogP contribution in [0.4, 0.5) is 32.8 Å². The minimum absolute atomic E-state index is 0.0212. The second kappa shape index (κ2) is 10.7. The molecule has 1 heterocycles. The smallest absolute Gasteiger partial charge is 0.418 e. The lowest BCUT2D eigenvalue weighted by Gasteiger charge is -2.34. The van der Waals surface area contributed by atoms with Crippen molar-refractivity contribution < 1.29 is 41.5 Å². The number of amides is 5. The largest absolute Gasteiger partial charge is 0.427 e.